The Morgan fingerprint density at radius 2 is 1.67 bits per heavy atom. The summed E-state index contributed by atoms with van der Waals surface area (Å²) in [6, 6.07) is 13.5. The Morgan fingerprint density at radius 1 is 1.00 bits per heavy atom. The average molecular weight is 284 g/mol. The zero-order valence-corrected chi connectivity index (χ0v) is 11.6. The van der Waals surface area contributed by atoms with E-state index < -0.39 is 0 Å². The minimum atomic E-state index is -0.194. The number of carbonyl (C=O) groups is 2. The van der Waals surface area contributed by atoms with Crippen molar-refractivity contribution in [3.05, 3.63) is 54.1 Å². The highest BCUT2D eigenvalue weighted by atomic mass is 16.3. The van der Waals surface area contributed by atoms with E-state index in [1.165, 1.54) is 6.92 Å². The summed E-state index contributed by atoms with van der Waals surface area (Å²) in [4.78, 5) is 22.9. The maximum atomic E-state index is 11.9. The fourth-order valence-electron chi connectivity index (χ4n) is 1.93. The van der Waals surface area contributed by atoms with Gasteiger partial charge < -0.3 is 15.7 Å². The second kappa shape index (κ2) is 6.56. The van der Waals surface area contributed by atoms with Crippen molar-refractivity contribution < 1.29 is 14.7 Å². The van der Waals surface area contributed by atoms with Gasteiger partial charge in [-0.15, -0.1) is 0 Å². The lowest BCUT2D eigenvalue weighted by Crippen LogP contribution is -2.14. The van der Waals surface area contributed by atoms with Gasteiger partial charge in [-0.2, -0.15) is 0 Å². The number of aromatic hydroxyl groups is 1. The van der Waals surface area contributed by atoms with E-state index in [0.29, 0.717) is 11.4 Å². The Morgan fingerprint density at radius 3 is 2.33 bits per heavy atom. The van der Waals surface area contributed by atoms with Crippen molar-refractivity contribution in [2.24, 2.45) is 0 Å². The molecule has 0 saturated heterocycles. The Balaban J connectivity index is 2.01. The van der Waals surface area contributed by atoms with Crippen molar-refractivity contribution in [3.63, 3.8) is 0 Å². The number of benzene rings is 2. The summed E-state index contributed by atoms with van der Waals surface area (Å²) in [6.45, 7) is 1.42. The van der Waals surface area contributed by atoms with E-state index in [2.05, 4.69) is 10.6 Å². The highest BCUT2D eigenvalue weighted by Crippen LogP contribution is 2.16. The van der Waals surface area contributed by atoms with Gasteiger partial charge in [0.2, 0.25) is 11.8 Å². The summed E-state index contributed by atoms with van der Waals surface area (Å²) in [5, 5.41) is 14.8. The largest absolute Gasteiger partial charge is 0.508 e. The third kappa shape index (κ3) is 4.65. The molecule has 0 aliphatic carbocycles. The molecule has 0 saturated carbocycles. The molecule has 5 nitrogen and oxygen atoms in total. The second-order valence-electron chi connectivity index (χ2n) is 4.66. The first-order valence-electron chi connectivity index (χ1n) is 6.48. The van der Waals surface area contributed by atoms with Gasteiger partial charge in [0.15, 0.2) is 0 Å². The summed E-state index contributed by atoms with van der Waals surface area (Å²) in [5.74, 6) is -0.230. The normalized spacial score (nSPS) is 9.95. The Labute approximate surface area is 122 Å². The Hall–Kier alpha value is -2.82. The molecule has 0 aliphatic heterocycles. The molecule has 0 spiro atoms. The summed E-state index contributed by atoms with van der Waals surface area (Å²) in [7, 11) is 0. The van der Waals surface area contributed by atoms with Gasteiger partial charge in [-0.05, 0) is 35.9 Å². The minimum Gasteiger partial charge on any atom is -0.508 e. The number of carbonyl (C=O) groups excluding carboxylic acids is 2. The molecule has 0 atom stereocenters. The van der Waals surface area contributed by atoms with Gasteiger partial charge in [0, 0.05) is 18.3 Å². The molecule has 5 heteroatoms. The molecular formula is C16H16N2O3. The van der Waals surface area contributed by atoms with Crippen LogP contribution in [0.1, 0.15) is 12.5 Å². The topological polar surface area (TPSA) is 78.4 Å². The van der Waals surface area contributed by atoms with Crippen LogP contribution >= 0.6 is 0 Å². The van der Waals surface area contributed by atoms with E-state index in [4.69, 9.17) is 0 Å². The first-order valence-corrected chi connectivity index (χ1v) is 6.48. The average Bonchev–Trinajstić information content (AvgIpc) is 2.37. The zero-order chi connectivity index (χ0) is 15.2. The van der Waals surface area contributed by atoms with Gasteiger partial charge in [-0.3, -0.25) is 9.59 Å². The van der Waals surface area contributed by atoms with Crippen molar-refractivity contribution in [1.82, 2.24) is 0 Å². The molecule has 108 valence electrons. The van der Waals surface area contributed by atoms with Gasteiger partial charge >= 0.3 is 0 Å². The van der Waals surface area contributed by atoms with Crippen LogP contribution in [0.3, 0.4) is 0 Å². The predicted molar refractivity (Wildman–Crippen MR) is 81.2 cm³/mol. The van der Waals surface area contributed by atoms with Gasteiger partial charge in [0.1, 0.15) is 5.75 Å². The Bertz CT molecular complexity index is 668. The molecule has 0 bridgehead atoms. The standard InChI is InChI=1S/C16H16N2O3/c1-11(19)17-13-5-3-6-14(10-13)18-16(21)9-12-4-2-7-15(20)8-12/h2-8,10,20H,9H2,1H3,(H,17,19)(H,18,21). The lowest BCUT2D eigenvalue weighted by molar-refractivity contribution is -0.115. The molecule has 2 aromatic rings. The molecule has 21 heavy (non-hydrogen) atoms. The van der Waals surface area contributed by atoms with Crippen LogP contribution in [0.5, 0.6) is 5.75 Å². The van der Waals surface area contributed by atoms with E-state index >= 15 is 0 Å². The van der Waals surface area contributed by atoms with Crippen LogP contribution in [0, 0.1) is 0 Å². The van der Waals surface area contributed by atoms with E-state index in [-0.39, 0.29) is 24.0 Å². The van der Waals surface area contributed by atoms with E-state index in [9.17, 15) is 14.7 Å². The highest BCUT2D eigenvalue weighted by molar-refractivity contribution is 5.94. The van der Waals surface area contributed by atoms with Crippen molar-refractivity contribution >= 4 is 23.2 Å². The van der Waals surface area contributed by atoms with Crippen LogP contribution in [-0.2, 0) is 16.0 Å². The van der Waals surface area contributed by atoms with E-state index in [1.54, 1.807) is 48.5 Å². The van der Waals surface area contributed by atoms with Gasteiger partial charge in [0.25, 0.3) is 0 Å². The summed E-state index contributed by atoms with van der Waals surface area (Å²) >= 11 is 0. The second-order valence-corrected chi connectivity index (χ2v) is 4.66. The lowest BCUT2D eigenvalue weighted by atomic mass is 10.1. The molecule has 2 aromatic carbocycles. The summed E-state index contributed by atoms with van der Waals surface area (Å²) in [5.41, 5.74) is 1.95. The first kappa shape index (κ1) is 14.6. The predicted octanol–water partition coefficient (Wildman–Crippen LogP) is 2.53. The molecule has 0 fully saturated rings. The minimum absolute atomic E-state index is 0.132. The maximum Gasteiger partial charge on any atom is 0.228 e. The monoisotopic (exact) mass is 284 g/mol. The number of anilines is 2. The number of nitrogens with one attached hydrogen (secondary N) is 2. The quantitative estimate of drug-likeness (QED) is 0.807. The van der Waals surface area contributed by atoms with E-state index in [0.717, 1.165) is 5.56 Å². The van der Waals surface area contributed by atoms with Crippen LogP contribution in [0.25, 0.3) is 0 Å². The third-order valence-corrected chi connectivity index (χ3v) is 2.74. The van der Waals surface area contributed by atoms with E-state index in [1.807, 2.05) is 0 Å². The van der Waals surface area contributed by atoms with Gasteiger partial charge in [0.05, 0.1) is 6.42 Å². The molecule has 2 rings (SSSR count). The molecule has 2 amide bonds. The van der Waals surface area contributed by atoms with Crippen LogP contribution in [-0.4, -0.2) is 16.9 Å². The SMILES string of the molecule is CC(=O)Nc1cccc(NC(=O)Cc2cccc(O)c2)c1. The van der Waals surface area contributed by atoms with Crippen LogP contribution in [0.15, 0.2) is 48.5 Å². The highest BCUT2D eigenvalue weighted by Gasteiger charge is 2.05. The van der Waals surface area contributed by atoms with Crippen molar-refractivity contribution in [2.45, 2.75) is 13.3 Å². The number of phenolic OH excluding ortho intramolecular Hbond substituents is 1. The van der Waals surface area contributed by atoms with Crippen molar-refractivity contribution in [2.75, 3.05) is 10.6 Å². The molecular weight excluding hydrogens is 268 g/mol. The molecule has 0 unspecified atom stereocenters. The Kier molecular flexibility index (Phi) is 4.56. The number of hydrogen-bond donors (Lipinski definition) is 3. The summed E-state index contributed by atoms with van der Waals surface area (Å²) in [6.07, 6.45) is 0.165. The summed E-state index contributed by atoms with van der Waals surface area (Å²) < 4.78 is 0. The van der Waals surface area contributed by atoms with Gasteiger partial charge in [-0.25, -0.2) is 0 Å². The van der Waals surface area contributed by atoms with Crippen LogP contribution in [0.2, 0.25) is 0 Å². The first-order chi connectivity index (χ1) is 10.0. The molecule has 0 aliphatic rings. The van der Waals surface area contributed by atoms with Crippen molar-refractivity contribution in [1.29, 1.82) is 0 Å². The number of rotatable bonds is 4. The lowest BCUT2D eigenvalue weighted by Gasteiger charge is -2.08. The fourth-order valence-corrected chi connectivity index (χ4v) is 1.93. The zero-order valence-electron chi connectivity index (χ0n) is 11.6. The molecule has 0 heterocycles. The molecule has 0 radical (unpaired) electrons. The molecule has 0 aromatic heterocycles. The molecule has 3 N–H and O–H groups in total. The maximum absolute atomic E-state index is 11.9. The number of phenols is 1. The van der Waals surface area contributed by atoms with Crippen LogP contribution < -0.4 is 10.6 Å². The van der Waals surface area contributed by atoms with Crippen molar-refractivity contribution in [3.8, 4) is 5.75 Å². The smallest absolute Gasteiger partial charge is 0.228 e. The van der Waals surface area contributed by atoms with Gasteiger partial charge in [-0.1, -0.05) is 18.2 Å². The fraction of sp³-hybridized carbons (Fsp3) is 0.125. The number of amides is 2. The number of hydrogen-bond acceptors (Lipinski definition) is 3. The third-order valence-electron chi connectivity index (χ3n) is 2.74. The van der Waals surface area contributed by atoms with Crippen LogP contribution in [0.4, 0.5) is 11.4 Å².